The Hall–Kier alpha value is -1.96. The number of thioether (sulfide) groups is 2. The third kappa shape index (κ3) is 4.54. The molecule has 1 N–H and O–H groups in total. The molecule has 1 atom stereocenters. The van der Waals surface area contributed by atoms with Crippen LogP contribution in [0.25, 0.3) is 0 Å². The zero-order chi connectivity index (χ0) is 19.3. The largest absolute Gasteiger partial charge is 0.370 e. The third-order valence-electron chi connectivity index (χ3n) is 4.76. The van der Waals surface area contributed by atoms with Crippen LogP contribution >= 0.6 is 23.5 Å². The Balaban J connectivity index is 1.39. The highest BCUT2D eigenvalue weighted by atomic mass is 32.2. The lowest BCUT2D eigenvalue weighted by molar-refractivity contribution is -0.148. The van der Waals surface area contributed by atoms with Crippen molar-refractivity contribution in [3.63, 3.8) is 0 Å². The van der Waals surface area contributed by atoms with Gasteiger partial charge in [-0.05, 0) is 23.3 Å². The van der Waals surface area contributed by atoms with Gasteiger partial charge in [0.15, 0.2) is 0 Å². The van der Waals surface area contributed by atoms with Gasteiger partial charge in [-0.3, -0.25) is 9.59 Å². The first-order valence-electron chi connectivity index (χ1n) is 9.31. The van der Waals surface area contributed by atoms with Gasteiger partial charge in [-0.1, -0.05) is 42.5 Å². The van der Waals surface area contributed by atoms with Gasteiger partial charge in [0.1, 0.15) is 6.10 Å². The monoisotopic (exact) mass is 414 g/mol. The van der Waals surface area contributed by atoms with Gasteiger partial charge in [0.2, 0.25) is 0 Å². The van der Waals surface area contributed by atoms with Crippen molar-refractivity contribution in [1.82, 2.24) is 4.90 Å². The molecule has 2 fully saturated rings. The van der Waals surface area contributed by atoms with Crippen molar-refractivity contribution in [2.75, 3.05) is 36.5 Å². The minimum absolute atomic E-state index is 0.202. The van der Waals surface area contributed by atoms with Crippen molar-refractivity contribution in [2.45, 2.75) is 10.7 Å². The van der Waals surface area contributed by atoms with Gasteiger partial charge >= 0.3 is 11.8 Å². The Morgan fingerprint density at radius 2 is 1.75 bits per heavy atom. The molecule has 0 saturated carbocycles. The normalized spacial score (nSPS) is 20.1. The number of carbonyl (C=O) groups is 2. The second kappa shape index (κ2) is 9.03. The van der Waals surface area contributed by atoms with Crippen LogP contribution < -0.4 is 5.32 Å². The molecule has 2 amide bonds. The summed E-state index contributed by atoms with van der Waals surface area (Å²) in [5.74, 6) is 1.17. The smallest absolute Gasteiger partial charge is 0.313 e. The van der Waals surface area contributed by atoms with Crippen LogP contribution in [0.4, 0.5) is 5.69 Å². The molecule has 28 heavy (non-hydrogen) atoms. The number of ether oxygens (including phenoxy) is 1. The van der Waals surface area contributed by atoms with E-state index in [0.29, 0.717) is 30.0 Å². The molecule has 2 aromatic carbocycles. The number of morpholine rings is 1. The molecule has 4 rings (SSSR count). The van der Waals surface area contributed by atoms with E-state index in [2.05, 4.69) is 11.4 Å². The van der Waals surface area contributed by atoms with Crippen molar-refractivity contribution in [1.29, 1.82) is 0 Å². The first-order valence-corrected chi connectivity index (χ1v) is 11.4. The number of nitrogens with one attached hydrogen (secondary N) is 1. The second-order valence-corrected chi connectivity index (χ2v) is 9.40. The summed E-state index contributed by atoms with van der Waals surface area (Å²) in [7, 11) is 0. The van der Waals surface area contributed by atoms with E-state index >= 15 is 0 Å². The summed E-state index contributed by atoms with van der Waals surface area (Å²) in [5, 5.41) is 2.77. The first-order chi connectivity index (χ1) is 13.7. The summed E-state index contributed by atoms with van der Waals surface area (Å²) in [6.07, 6.45) is -0.202. The Morgan fingerprint density at radius 1 is 1.00 bits per heavy atom. The lowest BCUT2D eigenvalue weighted by Crippen LogP contribution is -2.46. The van der Waals surface area contributed by atoms with Crippen LogP contribution in [0, 0.1) is 0 Å². The summed E-state index contributed by atoms with van der Waals surface area (Å²) in [5.41, 5.74) is 2.85. The Kier molecular flexibility index (Phi) is 6.24. The maximum atomic E-state index is 12.7. The van der Waals surface area contributed by atoms with E-state index in [1.807, 2.05) is 72.1 Å². The standard InChI is InChI=1S/C21H22N2O3S2/c24-19(22-17-8-4-7-16(13-17)21-27-11-12-28-21)20(25)23-9-10-26-18(14-23)15-5-2-1-3-6-15/h1-8,13,18,21H,9-12,14H2,(H,22,24)/t18-/m1/s1. The van der Waals surface area contributed by atoms with E-state index < -0.39 is 11.8 Å². The molecular formula is C21H22N2O3S2. The molecule has 5 nitrogen and oxygen atoms in total. The number of amides is 2. The summed E-state index contributed by atoms with van der Waals surface area (Å²) < 4.78 is 6.19. The van der Waals surface area contributed by atoms with Crippen LogP contribution in [-0.2, 0) is 14.3 Å². The first kappa shape index (κ1) is 19.4. The highest BCUT2D eigenvalue weighted by molar-refractivity contribution is 8.19. The van der Waals surface area contributed by atoms with Crippen molar-refractivity contribution >= 4 is 41.0 Å². The molecule has 146 valence electrons. The van der Waals surface area contributed by atoms with E-state index in [-0.39, 0.29) is 6.10 Å². The molecule has 2 aliphatic rings. The van der Waals surface area contributed by atoms with Crippen LogP contribution in [0.1, 0.15) is 21.8 Å². The number of hydrogen-bond donors (Lipinski definition) is 1. The van der Waals surface area contributed by atoms with Gasteiger partial charge in [-0.25, -0.2) is 0 Å². The molecule has 0 aliphatic carbocycles. The maximum Gasteiger partial charge on any atom is 0.313 e. The van der Waals surface area contributed by atoms with E-state index in [0.717, 1.165) is 17.1 Å². The van der Waals surface area contributed by atoms with Gasteiger partial charge < -0.3 is 15.0 Å². The maximum absolute atomic E-state index is 12.7. The molecule has 2 aliphatic heterocycles. The highest BCUT2D eigenvalue weighted by Crippen LogP contribution is 2.45. The average Bonchev–Trinajstić information content (AvgIpc) is 3.29. The lowest BCUT2D eigenvalue weighted by atomic mass is 10.1. The van der Waals surface area contributed by atoms with Crippen LogP contribution in [-0.4, -0.2) is 47.9 Å². The SMILES string of the molecule is O=C(Nc1cccc(C2SCCS2)c1)C(=O)N1CCO[C@@H](c2ccccc2)C1. The average molecular weight is 415 g/mol. The molecule has 0 spiro atoms. The predicted molar refractivity (Wildman–Crippen MR) is 114 cm³/mol. The van der Waals surface area contributed by atoms with E-state index in [4.69, 9.17) is 4.74 Å². The number of benzene rings is 2. The molecule has 0 aromatic heterocycles. The van der Waals surface area contributed by atoms with Gasteiger partial charge in [-0.15, -0.1) is 23.5 Å². The lowest BCUT2D eigenvalue weighted by Gasteiger charge is -2.32. The number of hydrogen-bond acceptors (Lipinski definition) is 5. The molecule has 0 radical (unpaired) electrons. The zero-order valence-electron chi connectivity index (χ0n) is 15.4. The fourth-order valence-electron chi connectivity index (χ4n) is 3.35. The van der Waals surface area contributed by atoms with Gasteiger partial charge in [-0.2, -0.15) is 0 Å². The molecule has 0 bridgehead atoms. The van der Waals surface area contributed by atoms with Crippen LogP contribution in [0.2, 0.25) is 0 Å². The van der Waals surface area contributed by atoms with Crippen molar-refractivity contribution in [3.05, 3.63) is 65.7 Å². The van der Waals surface area contributed by atoms with Gasteiger partial charge in [0.05, 0.1) is 17.7 Å². The number of nitrogens with zero attached hydrogens (tertiary/aromatic N) is 1. The third-order valence-corrected chi connectivity index (χ3v) is 7.86. The van der Waals surface area contributed by atoms with E-state index in [1.54, 1.807) is 4.90 Å². The van der Waals surface area contributed by atoms with E-state index in [1.165, 1.54) is 5.56 Å². The highest BCUT2D eigenvalue weighted by Gasteiger charge is 2.29. The van der Waals surface area contributed by atoms with Gasteiger partial charge in [0, 0.05) is 23.7 Å². The predicted octanol–water partition coefficient (Wildman–Crippen LogP) is 3.70. The fourth-order valence-corrected chi connectivity index (χ4v) is 6.18. The molecule has 2 saturated heterocycles. The molecule has 7 heteroatoms. The number of anilines is 1. The van der Waals surface area contributed by atoms with Crippen LogP contribution in [0.3, 0.4) is 0 Å². The minimum Gasteiger partial charge on any atom is -0.370 e. The van der Waals surface area contributed by atoms with Crippen LogP contribution in [0.15, 0.2) is 54.6 Å². The van der Waals surface area contributed by atoms with Crippen molar-refractivity contribution in [2.24, 2.45) is 0 Å². The Morgan fingerprint density at radius 3 is 2.54 bits per heavy atom. The van der Waals surface area contributed by atoms with Crippen molar-refractivity contribution in [3.8, 4) is 0 Å². The molecule has 0 unspecified atom stereocenters. The summed E-state index contributed by atoms with van der Waals surface area (Å²) in [6, 6.07) is 17.6. The summed E-state index contributed by atoms with van der Waals surface area (Å²) >= 11 is 3.82. The Labute approximate surface area is 173 Å². The molecular weight excluding hydrogens is 392 g/mol. The number of rotatable bonds is 3. The molecule has 2 aromatic rings. The van der Waals surface area contributed by atoms with E-state index in [9.17, 15) is 9.59 Å². The second-order valence-electron chi connectivity index (χ2n) is 6.67. The Bertz CT molecular complexity index is 841. The zero-order valence-corrected chi connectivity index (χ0v) is 17.0. The van der Waals surface area contributed by atoms with Crippen LogP contribution in [0.5, 0.6) is 0 Å². The fraction of sp³-hybridized carbons (Fsp3) is 0.333. The quantitative estimate of drug-likeness (QED) is 0.776. The van der Waals surface area contributed by atoms with Crippen molar-refractivity contribution < 1.29 is 14.3 Å². The van der Waals surface area contributed by atoms with Gasteiger partial charge in [0.25, 0.3) is 0 Å². The summed E-state index contributed by atoms with van der Waals surface area (Å²) in [4.78, 5) is 26.8. The number of carbonyl (C=O) groups excluding carboxylic acids is 2. The topological polar surface area (TPSA) is 58.6 Å². The minimum atomic E-state index is -0.599. The molecule has 2 heterocycles. The summed E-state index contributed by atoms with van der Waals surface area (Å²) in [6.45, 7) is 1.22.